The lowest BCUT2D eigenvalue weighted by Crippen LogP contribution is -2.47. The molecule has 0 amide bonds. The first-order valence-electron chi connectivity index (χ1n) is 8.35. The van der Waals surface area contributed by atoms with Crippen LogP contribution in [0.2, 0.25) is 39.3 Å². The Labute approximate surface area is 139 Å². The van der Waals surface area contributed by atoms with Crippen LogP contribution in [0.1, 0.15) is 12.8 Å². The van der Waals surface area contributed by atoms with Crippen LogP contribution in [0.15, 0.2) is 11.5 Å². The van der Waals surface area contributed by atoms with Gasteiger partial charge in [0.05, 0.1) is 11.8 Å². The van der Waals surface area contributed by atoms with Gasteiger partial charge in [-0.3, -0.25) is 9.59 Å². The standard InChI is InChI=1S/C16H26O5Si2/c1-22(2,3)20-13-9-7-8-10(14(13)21-23(4,5)6)12-11(9)15(17)19-16(12)18/h9-12H,7-8H2,1-6H3/t9-,10+,11-,12+. The minimum absolute atomic E-state index is 0.0676. The van der Waals surface area contributed by atoms with Gasteiger partial charge in [-0.25, -0.2) is 0 Å². The summed E-state index contributed by atoms with van der Waals surface area (Å²) >= 11 is 0. The second kappa shape index (κ2) is 5.21. The van der Waals surface area contributed by atoms with E-state index < -0.39 is 16.6 Å². The molecule has 1 aliphatic heterocycles. The number of cyclic esters (lactones) is 2. The zero-order valence-corrected chi connectivity index (χ0v) is 16.8. The lowest BCUT2D eigenvalue weighted by atomic mass is 9.61. The van der Waals surface area contributed by atoms with Crippen molar-refractivity contribution in [2.24, 2.45) is 23.7 Å². The molecule has 1 saturated heterocycles. The summed E-state index contributed by atoms with van der Waals surface area (Å²) in [6.07, 6.45) is 1.74. The number of esters is 2. The van der Waals surface area contributed by atoms with Gasteiger partial charge in [0.15, 0.2) is 0 Å². The molecule has 1 saturated carbocycles. The number of hydrogen-bond acceptors (Lipinski definition) is 5. The fraction of sp³-hybridized carbons (Fsp3) is 0.750. The summed E-state index contributed by atoms with van der Waals surface area (Å²) in [6.45, 7) is 12.8. The SMILES string of the molecule is C[Si](C)(C)OC1=C(O[Si](C)(C)C)[C@@H]2CC[C@H]1[C@@H]1C(=O)OC(=O)[C@@H]12. The van der Waals surface area contributed by atoms with Crippen LogP contribution in [0.4, 0.5) is 0 Å². The van der Waals surface area contributed by atoms with E-state index >= 15 is 0 Å². The van der Waals surface area contributed by atoms with Crippen LogP contribution < -0.4 is 0 Å². The van der Waals surface area contributed by atoms with Crippen molar-refractivity contribution in [3.8, 4) is 0 Å². The van der Waals surface area contributed by atoms with E-state index in [0.717, 1.165) is 24.4 Å². The third kappa shape index (κ3) is 3.00. The van der Waals surface area contributed by atoms with Crippen molar-refractivity contribution in [1.82, 2.24) is 0 Å². The van der Waals surface area contributed by atoms with Crippen LogP contribution in [0.25, 0.3) is 0 Å². The Morgan fingerprint density at radius 3 is 1.43 bits per heavy atom. The molecule has 128 valence electrons. The first-order valence-corrected chi connectivity index (χ1v) is 15.2. The van der Waals surface area contributed by atoms with Crippen LogP contribution >= 0.6 is 0 Å². The van der Waals surface area contributed by atoms with Crippen LogP contribution in [0.3, 0.4) is 0 Å². The van der Waals surface area contributed by atoms with Crippen molar-refractivity contribution in [3.05, 3.63) is 11.5 Å². The quantitative estimate of drug-likeness (QED) is 0.440. The molecule has 4 rings (SSSR count). The molecule has 2 bridgehead atoms. The van der Waals surface area contributed by atoms with Gasteiger partial charge >= 0.3 is 11.9 Å². The van der Waals surface area contributed by atoms with Gasteiger partial charge < -0.3 is 13.6 Å². The summed E-state index contributed by atoms with van der Waals surface area (Å²) in [4.78, 5) is 24.3. The highest BCUT2D eigenvalue weighted by Crippen LogP contribution is 2.56. The third-order valence-electron chi connectivity index (χ3n) is 4.54. The van der Waals surface area contributed by atoms with Crippen LogP contribution in [-0.2, 0) is 23.2 Å². The Morgan fingerprint density at radius 1 is 0.783 bits per heavy atom. The van der Waals surface area contributed by atoms with Gasteiger partial charge in [-0.1, -0.05) is 0 Å². The molecule has 4 atom stereocenters. The molecule has 1 heterocycles. The molecule has 7 heteroatoms. The van der Waals surface area contributed by atoms with E-state index in [4.69, 9.17) is 13.6 Å². The number of fused-ring (bicyclic) bond motifs is 1. The molecule has 0 aromatic heterocycles. The van der Waals surface area contributed by atoms with Gasteiger partial charge in [0.2, 0.25) is 16.6 Å². The predicted octanol–water partition coefficient (Wildman–Crippen LogP) is 3.26. The highest BCUT2D eigenvalue weighted by Gasteiger charge is 2.61. The molecule has 23 heavy (non-hydrogen) atoms. The Morgan fingerprint density at radius 2 is 1.13 bits per heavy atom. The Balaban J connectivity index is 2.07. The molecule has 5 nitrogen and oxygen atoms in total. The molecule has 0 unspecified atom stereocenters. The predicted molar refractivity (Wildman–Crippen MR) is 90.2 cm³/mol. The largest absolute Gasteiger partial charge is 0.545 e. The lowest BCUT2D eigenvalue weighted by molar-refractivity contribution is -0.154. The zero-order chi connectivity index (χ0) is 17.2. The number of allylic oxidation sites excluding steroid dienone is 2. The molecule has 0 N–H and O–H groups in total. The van der Waals surface area contributed by atoms with Crippen molar-refractivity contribution in [2.75, 3.05) is 0 Å². The zero-order valence-electron chi connectivity index (χ0n) is 14.8. The van der Waals surface area contributed by atoms with Crippen molar-refractivity contribution in [3.63, 3.8) is 0 Å². The van der Waals surface area contributed by atoms with E-state index in [1.165, 1.54) is 0 Å². The van der Waals surface area contributed by atoms with E-state index in [-0.39, 0.29) is 35.6 Å². The molecule has 0 spiro atoms. The lowest BCUT2D eigenvalue weighted by Gasteiger charge is -2.46. The molecule has 0 radical (unpaired) electrons. The Hall–Kier alpha value is -1.09. The number of rotatable bonds is 4. The van der Waals surface area contributed by atoms with E-state index in [9.17, 15) is 9.59 Å². The number of carbonyl (C=O) groups excluding carboxylic acids is 2. The summed E-state index contributed by atoms with van der Waals surface area (Å²) in [5.41, 5.74) is 0. The maximum Gasteiger partial charge on any atom is 0.318 e. The van der Waals surface area contributed by atoms with Gasteiger partial charge in [0.1, 0.15) is 11.5 Å². The maximum atomic E-state index is 12.2. The van der Waals surface area contributed by atoms with Gasteiger partial charge in [0.25, 0.3) is 0 Å². The molecule has 3 aliphatic carbocycles. The van der Waals surface area contributed by atoms with E-state index in [1.807, 2.05) is 0 Å². The van der Waals surface area contributed by atoms with Crippen LogP contribution in [0.5, 0.6) is 0 Å². The average molecular weight is 355 g/mol. The summed E-state index contributed by atoms with van der Waals surface area (Å²) in [5.74, 6) is 0.0514. The minimum Gasteiger partial charge on any atom is -0.545 e. The molecular formula is C16H26O5Si2. The molecule has 0 aromatic carbocycles. The maximum absolute atomic E-state index is 12.2. The summed E-state index contributed by atoms with van der Waals surface area (Å²) in [6, 6.07) is 0. The highest BCUT2D eigenvalue weighted by atomic mass is 28.4. The van der Waals surface area contributed by atoms with E-state index in [1.54, 1.807) is 0 Å². The minimum atomic E-state index is -1.84. The average Bonchev–Trinajstić information content (AvgIpc) is 2.67. The van der Waals surface area contributed by atoms with Gasteiger partial charge in [-0.2, -0.15) is 0 Å². The van der Waals surface area contributed by atoms with Gasteiger partial charge in [0, 0.05) is 11.8 Å². The molecular weight excluding hydrogens is 328 g/mol. The molecule has 2 fully saturated rings. The normalized spacial score (nSPS) is 33.7. The monoisotopic (exact) mass is 354 g/mol. The first kappa shape index (κ1) is 16.8. The molecule has 0 aromatic rings. The summed E-state index contributed by atoms with van der Waals surface area (Å²) in [5, 5.41) is 0. The smallest absolute Gasteiger partial charge is 0.318 e. The number of ether oxygens (including phenoxy) is 1. The fourth-order valence-corrected chi connectivity index (χ4v) is 5.76. The van der Waals surface area contributed by atoms with Gasteiger partial charge in [-0.15, -0.1) is 0 Å². The second-order valence-electron chi connectivity index (χ2n) is 8.74. The van der Waals surface area contributed by atoms with Crippen LogP contribution in [-0.4, -0.2) is 28.6 Å². The van der Waals surface area contributed by atoms with Crippen molar-refractivity contribution >= 4 is 28.6 Å². The Kier molecular flexibility index (Phi) is 3.79. The van der Waals surface area contributed by atoms with E-state index in [0.29, 0.717) is 0 Å². The van der Waals surface area contributed by atoms with Crippen molar-refractivity contribution < 1.29 is 23.2 Å². The molecule has 4 aliphatic rings. The van der Waals surface area contributed by atoms with Crippen LogP contribution in [0, 0.1) is 23.7 Å². The topological polar surface area (TPSA) is 61.8 Å². The van der Waals surface area contributed by atoms with Gasteiger partial charge in [-0.05, 0) is 52.1 Å². The fourth-order valence-electron chi connectivity index (χ4n) is 3.94. The summed E-state index contributed by atoms with van der Waals surface area (Å²) in [7, 11) is -3.68. The van der Waals surface area contributed by atoms with Crippen molar-refractivity contribution in [1.29, 1.82) is 0 Å². The second-order valence-corrected chi connectivity index (χ2v) is 17.6. The summed E-state index contributed by atoms with van der Waals surface area (Å²) < 4.78 is 17.7. The number of hydrogen-bond donors (Lipinski definition) is 0. The highest BCUT2D eigenvalue weighted by molar-refractivity contribution is 6.70. The van der Waals surface area contributed by atoms with E-state index in [2.05, 4.69) is 39.3 Å². The Bertz CT molecular complexity index is 534. The number of carbonyl (C=O) groups is 2. The first-order chi connectivity index (χ1) is 10.5. The van der Waals surface area contributed by atoms with Crippen molar-refractivity contribution in [2.45, 2.75) is 52.1 Å². The third-order valence-corrected chi connectivity index (χ3v) is 6.20.